The van der Waals surface area contributed by atoms with E-state index in [4.69, 9.17) is 9.47 Å². The Morgan fingerprint density at radius 2 is 2.22 bits per heavy atom. The maximum absolute atomic E-state index is 12.5. The summed E-state index contributed by atoms with van der Waals surface area (Å²) in [6, 6.07) is 3.87. The van der Waals surface area contributed by atoms with E-state index in [2.05, 4.69) is 22.9 Å². The zero-order valence-electron chi connectivity index (χ0n) is 10.2. The van der Waals surface area contributed by atoms with Crippen LogP contribution in [-0.4, -0.2) is 25.1 Å². The zero-order chi connectivity index (χ0) is 12.7. The third kappa shape index (κ3) is 1.97. The average molecular weight is 311 g/mol. The van der Waals surface area contributed by atoms with Crippen LogP contribution in [-0.2, 0) is 11.2 Å². The second-order valence-corrected chi connectivity index (χ2v) is 5.88. The molecule has 3 rings (SSSR count). The first-order valence-electron chi connectivity index (χ1n) is 6.28. The number of hydrogen-bond acceptors (Lipinski definition) is 3. The van der Waals surface area contributed by atoms with Gasteiger partial charge in [-0.05, 0) is 30.0 Å². The van der Waals surface area contributed by atoms with Gasteiger partial charge in [0.25, 0.3) is 0 Å². The van der Waals surface area contributed by atoms with Gasteiger partial charge in [-0.1, -0.05) is 22.9 Å². The lowest BCUT2D eigenvalue weighted by Gasteiger charge is -2.15. The summed E-state index contributed by atoms with van der Waals surface area (Å²) in [6.07, 6.45) is 1.51. The first kappa shape index (κ1) is 12.2. The van der Waals surface area contributed by atoms with Crippen molar-refractivity contribution < 1.29 is 14.3 Å². The predicted octanol–water partition coefficient (Wildman–Crippen LogP) is 2.99. The van der Waals surface area contributed by atoms with Gasteiger partial charge >= 0.3 is 0 Å². The lowest BCUT2D eigenvalue weighted by Crippen LogP contribution is -2.25. The summed E-state index contributed by atoms with van der Waals surface area (Å²) < 4.78 is 12.1. The molecule has 0 N–H and O–H groups in total. The number of ether oxygens (including phenoxy) is 2. The molecule has 18 heavy (non-hydrogen) atoms. The van der Waals surface area contributed by atoms with Crippen molar-refractivity contribution in [1.82, 2.24) is 0 Å². The molecule has 2 atom stereocenters. The number of Topliss-reactive ketones (excluding diaryl/α,β-unsaturated/α-hetero) is 1. The number of rotatable bonds is 2. The van der Waals surface area contributed by atoms with Crippen molar-refractivity contribution >= 4 is 21.7 Å². The molecule has 0 bridgehead atoms. The zero-order valence-corrected chi connectivity index (χ0v) is 11.8. The first-order valence-corrected chi connectivity index (χ1v) is 7.07. The quantitative estimate of drug-likeness (QED) is 0.788. The molecule has 0 amide bonds. The topological polar surface area (TPSA) is 35.5 Å². The molecule has 2 aliphatic rings. The second kappa shape index (κ2) is 4.67. The molecule has 2 unspecified atom stereocenters. The molecule has 0 spiro atoms. The van der Waals surface area contributed by atoms with E-state index < -0.39 is 0 Å². The van der Waals surface area contributed by atoms with Gasteiger partial charge in [0, 0.05) is 17.5 Å². The number of carbonyl (C=O) groups is 1. The SMILES string of the molecule is CC1CCOC1C(=O)c1cc(Br)cc2c1OCC2. The minimum atomic E-state index is -0.312. The fourth-order valence-corrected chi connectivity index (χ4v) is 3.14. The van der Waals surface area contributed by atoms with Crippen LogP contribution in [0, 0.1) is 5.92 Å². The van der Waals surface area contributed by atoms with Crippen LogP contribution in [0.1, 0.15) is 29.3 Å². The Balaban J connectivity index is 1.99. The van der Waals surface area contributed by atoms with E-state index in [0.717, 1.165) is 28.6 Å². The van der Waals surface area contributed by atoms with E-state index >= 15 is 0 Å². The van der Waals surface area contributed by atoms with Crippen molar-refractivity contribution in [3.8, 4) is 5.75 Å². The van der Waals surface area contributed by atoms with Crippen molar-refractivity contribution in [1.29, 1.82) is 0 Å². The highest BCUT2D eigenvalue weighted by Crippen LogP contribution is 2.35. The van der Waals surface area contributed by atoms with Crippen LogP contribution in [0.2, 0.25) is 0 Å². The smallest absolute Gasteiger partial charge is 0.195 e. The molecular weight excluding hydrogens is 296 g/mol. The summed E-state index contributed by atoms with van der Waals surface area (Å²) in [7, 11) is 0. The largest absolute Gasteiger partial charge is 0.492 e. The van der Waals surface area contributed by atoms with Gasteiger partial charge < -0.3 is 9.47 Å². The molecule has 1 aromatic rings. The Morgan fingerprint density at radius 3 is 2.94 bits per heavy atom. The highest BCUT2D eigenvalue weighted by atomic mass is 79.9. The van der Waals surface area contributed by atoms with Crippen LogP contribution in [0.3, 0.4) is 0 Å². The van der Waals surface area contributed by atoms with Gasteiger partial charge in [-0.2, -0.15) is 0 Å². The van der Waals surface area contributed by atoms with Gasteiger partial charge in [0.15, 0.2) is 5.78 Å². The molecule has 0 aliphatic carbocycles. The Bertz CT molecular complexity index is 498. The normalized spacial score (nSPS) is 25.9. The number of ketones is 1. The monoisotopic (exact) mass is 310 g/mol. The number of benzene rings is 1. The number of hydrogen-bond donors (Lipinski definition) is 0. The summed E-state index contributed by atoms with van der Waals surface area (Å²) in [6.45, 7) is 3.40. The summed E-state index contributed by atoms with van der Waals surface area (Å²) in [4.78, 5) is 12.5. The molecule has 3 nitrogen and oxygen atoms in total. The molecule has 4 heteroatoms. The van der Waals surface area contributed by atoms with Crippen LogP contribution in [0.5, 0.6) is 5.75 Å². The molecule has 1 saturated heterocycles. The highest BCUT2D eigenvalue weighted by Gasteiger charge is 2.34. The Labute approximate surface area is 115 Å². The Morgan fingerprint density at radius 1 is 1.39 bits per heavy atom. The van der Waals surface area contributed by atoms with E-state index in [9.17, 15) is 4.79 Å². The van der Waals surface area contributed by atoms with E-state index in [1.54, 1.807) is 0 Å². The van der Waals surface area contributed by atoms with Crippen LogP contribution in [0.15, 0.2) is 16.6 Å². The second-order valence-electron chi connectivity index (χ2n) is 4.96. The van der Waals surface area contributed by atoms with Crippen LogP contribution in [0.25, 0.3) is 0 Å². The molecule has 2 aliphatic heterocycles. The summed E-state index contributed by atoms with van der Waals surface area (Å²) >= 11 is 3.46. The molecule has 2 heterocycles. The Kier molecular flexibility index (Phi) is 3.16. The standard InChI is InChI=1S/C14H15BrO3/c1-8-2-4-17-13(8)12(16)11-7-10(15)6-9-3-5-18-14(9)11/h6-8,13H,2-5H2,1H3. The van der Waals surface area contributed by atoms with Crippen LogP contribution >= 0.6 is 15.9 Å². The fourth-order valence-electron chi connectivity index (χ4n) is 2.64. The van der Waals surface area contributed by atoms with Crippen molar-refractivity contribution in [2.75, 3.05) is 13.2 Å². The maximum atomic E-state index is 12.5. The molecule has 0 aromatic heterocycles. The fraction of sp³-hybridized carbons (Fsp3) is 0.500. The van der Waals surface area contributed by atoms with E-state index in [1.807, 2.05) is 12.1 Å². The molecule has 96 valence electrons. The van der Waals surface area contributed by atoms with Gasteiger partial charge in [0.1, 0.15) is 11.9 Å². The summed E-state index contributed by atoms with van der Waals surface area (Å²) in [5, 5.41) is 0. The number of halogens is 1. The number of carbonyl (C=O) groups excluding carboxylic acids is 1. The number of fused-ring (bicyclic) bond motifs is 1. The Hall–Kier alpha value is -0.870. The van der Waals surface area contributed by atoms with Crippen molar-refractivity contribution in [3.63, 3.8) is 0 Å². The van der Waals surface area contributed by atoms with Crippen LogP contribution in [0.4, 0.5) is 0 Å². The summed E-state index contributed by atoms with van der Waals surface area (Å²) in [5.74, 6) is 1.10. The van der Waals surface area contributed by atoms with Gasteiger partial charge in [-0.25, -0.2) is 0 Å². The van der Waals surface area contributed by atoms with Crippen LogP contribution < -0.4 is 4.74 Å². The van der Waals surface area contributed by atoms with Crippen molar-refractivity contribution in [2.45, 2.75) is 25.9 Å². The molecule has 1 fully saturated rings. The summed E-state index contributed by atoms with van der Waals surface area (Å²) in [5.41, 5.74) is 1.77. The minimum absolute atomic E-state index is 0.0550. The minimum Gasteiger partial charge on any atom is -0.492 e. The van der Waals surface area contributed by atoms with Gasteiger partial charge in [-0.3, -0.25) is 4.79 Å². The third-order valence-corrected chi connectivity index (χ3v) is 4.12. The lowest BCUT2D eigenvalue weighted by atomic mass is 9.94. The molecule has 1 aromatic carbocycles. The molecule has 0 saturated carbocycles. The predicted molar refractivity (Wildman–Crippen MR) is 71.2 cm³/mol. The van der Waals surface area contributed by atoms with Crippen molar-refractivity contribution in [2.24, 2.45) is 5.92 Å². The van der Waals surface area contributed by atoms with E-state index in [-0.39, 0.29) is 17.8 Å². The van der Waals surface area contributed by atoms with Gasteiger partial charge in [0.2, 0.25) is 0 Å². The molecular formula is C14H15BrO3. The highest BCUT2D eigenvalue weighted by molar-refractivity contribution is 9.10. The van der Waals surface area contributed by atoms with Gasteiger partial charge in [0.05, 0.1) is 12.2 Å². The molecule has 0 radical (unpaired) electrons. The third-order valence-electron chi connectivity index (χ3n) is 3.66. The van der Waals surface area contributed by atoms with Gasteiger partial charge in [-0.15, -0.1) is 0 Å². The maximum Gasteiger partial charge on any atom is 0.195 e. The van der Waals surface area contributed by atoms with Crippen molar-refractivity contribution in [3.05, 3.63) is 27.7 Å². The lowest BCUT2D eigenvalue weighted by molar-refractivity contribution is 0.0576. The van der Waals surface area contributed by atoms with E-state index in [1.165, 1.54) is 0 Å². The average Bonchev–Trinajstić information content (AvgIpc) is 2.95. The first-order chi connectivity index (χ1) is 8.66. The van der Waals surface area contributed by atoms with E-state index in [0.29, 0.717) is 18.8 Å².